The third kappa shape index (κ3) is 5.33. The topological polar surface area (TPSA) is 47.6 Å². The van der Waals surface area contributed by atoms with Crippen LogP contribution in [0.2, 0.25) is 10.0 Å². The van der Waals surface area contributed by atoms with Crippen molar-refractivity contribution >= 4 is 40.5 Å². The summed E-state index contributed by atoms with van der Waals surface area (Å²) in [4.78, 5) is 17.4. The van der Waals surface area contributed by atoms with E-state index in [4.69, 9.17) is 23.2 Å². The zero-order valence-electron chi connectivity index (χ0n) is 18.8. The highest BCUT2D eigenvalue weighted by molar-refractivity contribution is 6.35. The zero-order valence-corrected chi connectivity index (χ0v) is 20.3. The Morgan fingerprint density at radius 2 is 2.00 bits per heavy atom. The molecule has 0 bridgehead atoms. The first-order valence-electron chi connectivity index (χ1n) is 11.5. The maximum absolute atomic E-state index is 13.0. The van der Waals surface area contributed by atoms with Crippen LogP contribution in [0.5, 0.6) is 0 Å². The molecule has 0 radical (unpaired) electrons. The number of carbonyl (C=O) groups excluding carboxylic acids is 1. The average molecular weight is 475 g/mol. The zero-order chi connectivity index (χ0) is 22.7. The van der Waals surface area contributed by atoms with Gasteiger partial charge in [0.1, 0.15) is 0 Å². The largest absolute Gasteiger partial charge is 0.378 e. The Labute approximate surface area is 201 Å². The maximum Gasteiger partial charge on any atom is 0.240 e. The first-order chi connectivity index (χ1) is 15.4. The normalized spacial score (nSPS) is 22.5. The van der Waals surface area contributed by atoms with Crippen LogP contribution in [-0.2, 0) is 4.79 Å². The molecule has 0 spiro atoms. The Kier molecular flexibility index (Phi) is 7.49. The Balaban J connectivity index is 1.39. The van der Waals surface area contributed by atoms with E-state index in [-0.39, 0.29) is 24.0 Å². The van der Waals surface area contributed by atoms with Crippen LogP contribution in [0.3, 0.4) is 0 Å². The van der Waals surface area contributed by atoms with Gasteiger partial charge in [-0.1, -0.05) is 41.8 Å². The highest BCUT2D eigenvalue weighted by atomic mass is 35.5. The van der Waals surface area contributed by atoms with Crippen molar-refractivity contribution < 1.29 is 4.79 Å². The second kappa shape index (κ2) is 10.3. The Morgan fingerprint density at radius 1 is 1.16 bits per heavy atom. The van der Waals surface area contributed by atoms with E-state index < -0.39 is 0 Å². The molecule has 2 aromatic rings. The second-order valence-corrected chi connectivity index (χ2v) is 9.75. The van der Waals surface area contributed by atoms with E-state index in [0.29, 0.717) is 10.0 Å². The van der Waals surface area contributed by atoms with Crippen LogP contribution < -0.4 is 15.5 Å². The summed E-state index contributed by atoms with van der Waals surface area (Å²) < 4.78 is 0. The van der Waals surface area contributed by atoms with Gasteiger partial charge >= 0.3 is 0 Å². The van der Waals surface area contributed by atoms with Crippen molar-refractivity contribution in [3.05, 3.63) is 58.1 Å². The summed E-state index contributed by atoms with van der Waals surface area (Å²) in [6, 6.07) is 14.3. The van der Waals surface area contributed by atoms with Crippen LogP contribution in [0.15, 0.2) is 42.5 Å². The molecule has 7 heteroatoms. The maximum atomic E-state index is 13.0. The van der Waals surface area contributed by atoms with Crippen molar-refractivity contribution in [2.24, 2.45) is 0 Å². The molecule has 3 atom stereocenters. The van der Waals surface area contributed by atoms with Gasteiger partial charge in [-0.3, -0.25) is 4.79 Å². The fraction of sp³-hybridized carbons (Fsp3) is 0.480. The number of hydrogen-bond donors (Lipinski definition) is 2. The molecule has 1 unspecified atom stereocenters. The van der Waals surface area contributed by atoms with Crippen LogP contribution in [0.1, 0.15) is 44.7 Å². The third-order valence-corrected chi connectivity index (χ3v) is 7.10. The summed E-state index contributed by atoms with van der Waals surface area (Å²) in [5, 5.41) is 8.25. The van der Waals surface area contributed by atoms with E-state index in [0.717, 1.165) is 50.3 Å². The molecule has 4 rings (SSSR count). The van der Waals surface area contributed by atoms with Crippen LogP contribution in [-0.4, -0.2) is 49.1 Å². The van der Waals surface area contributed by atoms with E-state index in [1.54, 1.807) is 6.07 Å². The summed E-state index contributed by atoms with van der Waals surface area (Å²) in [5.41, 5.74) is 3.22. The minimum Gasteiger partial charge on any atom is -0.378 e. The van der Waals surface area contributed by atoms with Crippen LogP contribution >= 0.6 is 23.2 Å². The van der Waals surface area contributed by atoms with Gasteiger partial charge in [-0.25, -0.2) is 0 Å². The van der Waals surface area contributed by atoms with Crippen LogP contribution in [0.25, 0.3) is 0 Å². The first-order valence-corrected chi connectivity index (χ1v) is 12.3. The van der Waals surface area contributed by atoms with E-state index in [9.17, 15) is 4.79 Å². The molecule has 0 aromatic heterocycles. The fourth-order valence-electron chi connectivity index (χ4n) is 4.76. The monoisotopic (exact) mass is 474 g/mol. The number of hydrogen-bond acceptors (Lipinski definition) is 4. The van der Waals surface area contributed by atoms with E-state index >= 15 is 0 Å². The van der Waals surface area contributed by atoms with Crippen molar-refractivity contribution in [2.45, 2.75) is 51.2 Å². The van der Waals surface area contributed by atoms with Crippen molar-refractivity contribution in [3.8, 4) is 0 Å². The number of carbonyl (C=O) groups is 1. The minimum atomic E-state index is -0.00791. The number of amides is 1. The highest BCUT2D eigenvalue weighted by Crippen LogP contribution is 2.30. The summed E-state index contributed by atoms with van der Waals surface area (Å²) in [5.74, 6) is 0.265. The Bertz CT molecular complexity index is 947. The lowest BCUT2D eigenvalue weighted by atomic mass is 10.0. The number of anilines is 2. The average Bonchev–Trinajstić information content (AvgIpc) is 2.79. The highest BCUT2D eigenvalue weighted by Gasteiger charge is 2.32. The molecular formula is C25H32Cl2N4O. The fourth-order valence-corrected chi connectivity index (χ4v) is 5.33. The Morgan fingerprint density at radius 3 is 2.72 bits per heavy atom. The summed E-state index contributed by atoms with van der Waals surface area (Å²) in [6.45, 7) is 7.62. The quantitative estimate of drug-likeness (QED) is 0.613. The molecular weight excluding hydrogens is 443 g/mol. The number of nitrogens with one attached hydrogen (secondary N) is 2. The number of piperazine rings is 1. The number of halogens is 2. The van der Waals surface area contributed by atoms with Gasteiger partial charge in [0.15, 0.2) is 0 Å². The van der Waals surface area contributed by atoms with Gasteiger partial charge in [-0.15, -0.1) is 0 Å². The minimum absolute atomic E-state index is 0.00791. The molecule has 2 aromatic carbocycles. The third-order valence-electron chi connectivity index (χ3n) is 6.54. The van der Waals surface area contributed by atoms with Crippen molar-refractivity contribution in [1.82, 2.24) is 10.2 Å². The lowest BCUT2D eigenvalue weighted by Crippen LogP contribution is -2.58. The molecule has 2 aliphatic heterocycles. The lowest BCUT2D eigenvalue weighted by Gasteiger charge is -2.42. The molecule has 2 saturated heterocycles. The van der Waals surface area contributed by atoms with Crippen LogP contribution in [0.4, 0.5) is 11.4 Å². The number of benzene rings is 2. The standard InChI is InChI=1S/C25H32Cl2N4O/c1-17-16-30(12-13-31(17)25(32)24-8-3-4-11-28-24)21-7-5-6-20(15-21)29-18(2)22-10-9-19(26)14-23(22)27/h5-7,9-10,14-15,17-18,24,28-29H,3-4,8,11-13,16H2,1-2H3/t17-,18?,24-/m1/s1. The predicted octanol–water partition coefficient (Wildman–Crippen LogP) is 5.35. The molecule has 1 amide bonds. The predicted molar refractivity (Wildman–Crippen MR) is 134 cm³/mol. The molecule has 2 N–H and O–H groups in total. The number of rotatable bonds is 5. The molecule has 172 valence electrons. The van der Waals surface area contributed by atoms with Crippen molar-refractivity contribution in [2.75, 3.05) is 36.4 Å². The SMILES string of the molecule is CC(Nc1cccc(N2CCN(C(=O)[C@H]3CCCCN3)[C@H](C)C2)c1)c1ccc(Cl)cc1Cl. The smallest absolute Gasteiger partial charge is 0.240 e. The lowest BCUT2D eigenvalue weighted by molar-refractivity contribution is -0.136. The van der Waals surface area contributed by atoms with Gasteiger partial charge in [-0.05, 0) is 69.1 Å². The molecule has 2 fully saturated rings. The number of nitrogens with zero attached hydrogens (tertiary/aromatic N) is 2. The van der Waals surface area contributed by atoms with E-state index in [1.165, 1.54) is 12.1 Å². The number of piperidine rings is 1. The summed E-state index contributed by atoms with van der Waals surface area (Å²) in [6.07, 6.45) is 3.26. The molecule has 0 saturated carbocycles. The van der Waals surface area contributed by atoms with Gasteiger partial charge in [0.2, 0.25) is 5.91 Å². The molecule has 2 heterocycles. The Hall–Kier alpha value is -1.95. The van der Waals surface area contributed by atoms with Crippen molar-refractivity contribution in [3.63, 3.8) is 0 Å². The summed E-state index contributed by atoms with van der Waals surface area (Å²) in [7, 11) is 0. The van der Waals surface area contributed by atoms with E-state index in [2.05, 4.69) is 58.5 Å². The molecule has 5 nitrogen and oxygen atoms in total. The van der Waals surface area contributed by atoms with E-state index in [1.807, 2.05) is 12.1 Å². The van der Waals surface area contributed by atoms with Gasteiger partial charge in [0.05, 0.1) is 6.04 Å². The molecule has 2 aliphatic rings. The molecule has 32 heavy (non-hydrogen) atoms. The molecule has 0 aliphatic carbocycles. The van der Waals surface area contributed by atoms with Gasteiger partial charge in [0.25, 0.3) is 0 Å². The van der Waals surface area contributed by atoms with Crippen molar-refractivity contribution in [1.29, 1.82) is 0 Å². The van der Waals surface area contributed by atoms with Crippen LogP contribution in [0, 0.1) is 0 Å². The summed E-state index contributed by atoms with van der Waals surface area (Å²) >= 11 is 12.4. The second-order valence-electron chi connectivity index (χ2n) is 8.91. The van der Waals surface area contributed by atoms with Gasteiger partial charge in [-0.2, -0.15) is 0 Å². The first kappa shape index (κ1) is 23.2. The van der Waals surface area contributed by atoms with Gasteiger partial charge < -0.3 is 20.4 Å². The van der Waals surface area contributed by atoms with Gasteiger partial charge in [0, 0.05) is 53.1 Å².